The Hall–Kier alpha value is -2.88. The summed E-state index contributed by atoms with van der Waals surface area (Å²) in [5.74, 6) is -0.244. The summed E-state index contributed by atoms with van der Waals surface area (Å²) in [7, 11) is 0. The molecule has 7 nitrogen and oxygen atoms in total. The van der Waals surface area contributed by atoms with Crippen LogP contribution in [0.1, 0.15) is 18.4 Å². The molecule has 108 valence electrons. The Bertz CT molecular complexity index is 631. The van der Waals surface area contributed by atoms with Gasteiger partial charge in [-0.3, -0.25) is 15.6 Å². The fourth-order valence-electron chi connectivity index (χ4n) is 2.11. The number of carbonyl (C=O) groups excluding carboxylic acids is 1. The van der Waals surface area contributed by atoms with E-state index in [2.05, 4.69) is 10.5 Å². The van der Waals surface area contributed by atoms with Gasteiger partial charge in [0.2, 0.25) is 11.6 Å². The van der Waals surface area contributed by atoms with Crippen LogP contribution in [-0.4, -0.2) is 28.9 Å². The molecular weight excluding hydrogens is 268 g/mol. The number of nitrogens with two attached hydrogens (primary N) is 1. The number of hydrogen-bond donors (Lipinski definition) is 3. The highest BCUT2D eigenvalue weighted by atomic mass is 16.2. The first-order chi connectivity index (χ1) is 10.1. The van der Waals surface area contributed by atoms with Crippen LogP contribution in [0.15, 0.2) is 29.4 Å². The maximum Gasteiger partial charge on any atom is 0.222 e. The average Bonchev–Trinajstić information content (AvgIpc) is 2.86. The lowest BCUT2D eigenvalue weighted by Crippen LogP contribution is -2.24. The minimum absolute atomic E-state index is 0.148. The topological polar surface area (TPSA) is 118 Å². The molecule has 0 aromatic heterocycles. The van der Waals surface area contributed by atoms with Crippen molar-refractivity contribution in [1.29, 1.82) is 10.7 Å². The second-order valence-electron chi connectivity index (χ2n) is 4.67. The van der Waals surface area contributed by atoms with Gasteiger partial charge in [0, 0.05) is 19.5 Å². The van der Waals surface area contributed by atoms with Gasteiger partial charge < -0.3 is 10.6 Å². The zero-order valence-electron chi connectivity index (χ0n) is 11.5. The summed E-state index contributed by atoms with van der Waals surface area (Å²) < 4.78 is 0. The number of likely N-dealkylation sites (tertiary alicyclic amines) is 1. The van der Waals surface area contributed by atoms with Crippen LogP contribution in [0.5, 0.6) is 0 Å². The van der Waals surface area contributed by atoms with E-state index in [0.29, 0.717) is 18.7 Å². The maximum absolute atomic E-state index is 11.7. The number of nitrogens with one attached hydrogen (secondary N) is 2. The number of hydrazone groups is 1. The van der Waals surface area contributed by atoms with Crippen LogP contribution in [0, 0.1) is 16.7 Å². The highest BCUT2D eigenvalue weighted by Gasteiger charge is 2.20. The lowest BCUT2D eigenvalue weighted by Gasteiger charge is -2.17. The van der Waals surface area contributed by atoms with E-state index in [9.17, 15) is 4.79 Å². The number of nitrogens with zero attached hydrogens (tertiary/aromatic N) is 3. The smallest absolute Gasteiger partial charge is 0.222 e. The van der Waals surface area contributed by atoms with Crippen molar-refractivity contribution in [2.24, 2.45) is 10.8 Å². The molecule has 1 aliphatic rings. The number of amidine groups is 1. The molecule has 1 amide bonds. The van der Waals surface area contributed by atoms with Crippen LogP contribution >= 0.6 is 0 Å². The lowest BCUT2D eigenvalue weighted by molar-refractivity contribution is -0.128. The van der Waals surface area contributed by atoms with E-state index in [4.69, 9.17) is 16.4 Å². The van der Waals surface area contributed by atoms with Crippen molar-refractivity contribution in [2.75, 3.05) is 12.0 Å². The molecule has 1 aromatic rings. The van der Waals surface area contributed by atoms with Crippen molar-refractivity contribution < 1.29 is 4.79 Å². The quantitative estimate of drug-likeness (QED) is 0.425. The van der Waals surface area contributed by atoms with E-state index < -0.39 is 5.84 Å². The summed E-state index contributed by atoms with van der Waals surface area (Å²) in [5.41, 5.74) is 9.39. The van der Waals surface area contributed by atoms with Gasteiger partial charge in [-0.15, -0.1) is 0 Å². The molecule has 4 N–H and O–H groups in total. The molecular formula is C14H16N6O. The third-order valence-electron chi connectivity index (χ3n) is 3.20. The zero-order valence-corrected chi connectivity index (χ0v) is 11.5. The van der Waals surface area contributed by atoms with Gasteiger partial charge in [0.25, 0.3) is 0 Å². The standard InChI is InChI=1S/C14H16N6O/c15-8-12(14(16)17)19-18-11-5-2-1-4-10(11)9-20-7-3-6-13(20)21/h1-2,4-5,18H,3,6-7,9H2,(H3,16,17)/b19-12+. The molecule has 2 rings (SSSR count). The molecule has 1 heterocycles. The predicted octanol–water partition coefficient (Wildman–Crippen LogP) is 1.04. The van der Waals surface area contributed by atoms with E-state index in [-0.39, 0.29) is 11.6 Å². The Morgan fingerprint density at radius 1 is 1.52 bits per heavy atom. The Balaban J connectivity index is 2.15. The predicted molar refractivity (Wildman–Crippen MR) is 79.7 cm³/mol. The van der Waals surface area contributed by atoms with Crippen LogP contribution in [0.2, 0.25) is 0 Å². The first-order valence-electron chi connectivity index (χ1n) is 6.55. The molecule has 21 heavy (non-hydrogen) atoms. The summed E-state index contributed by atoms with van der Waals surface area (Å²) in [6.45, 7) is 1.26. The summed E-state index contributed by atoms with van der Waals surface area (Å²) in [6, 6.07) is 9.14. The van der Waals surface area contributed by atoms with E-state index in [0.717, 1.165) is 18.5 Å². The molecule has 1 aliphatic heterocycles. The molecule has 0 aliphatic carbocycles. The SMILES string of the molecule is N#C/C(=N\Nc1ccccc1CN1CCCC1=O)C(=N)N. The number of hydrogen-bond acceptors (Lipinski definition) is 5. The van der Waals surface area contributed by atoms with Gasteiger partial charge in [-0.2, -0.15) is 10.4 Å². The minimum Gasteiger partial charge on any atom is -0.382 e. The number of nitriles is 1. The lowest BCUT2D eigenvalue weighted by atomic mass is 10.1. The number of benzene rings is 1. The molecule has 0 unspecified atom stereocenters. The molecule has 0 bridgehead atoms. The average molecular weight is 284 g/mol. The third-order valence-corrected chi connectivity index (χ3v) is 3.20. The normalized spacial score (nSPS) is 14.9. The van der Waals surface area contributed by atoms with E-state index >= 15 is 0 Å². The van der Waals surface area contributed by atoms with Crippen LogP contribution < -0.4 is 11.2 Å². The monoisotopic (exact) mass is 284 g/mol. The molecule has 0 atom stereocenters. The molecule has 1 fully saturated rings. The zero-order chi connectivity index (χ0) is 15.2. The molecule has 1 aromatic carbocycles. The maximum atomic E-state index is 11.7. The first-order valence-corrected chi connectivity index (χ1v) is 6.55. The van der Waals surface area contributed by atoms with Gasteiger partial charge in [-0.25, -0.2) is 0 Å². The number of rotatable bonds is 5. The highest BCUT2D eigenvalue weighted by Crippen LogP contribution is 2.20. The van der Waals surface area contributed by atoms with Gasteiger partial charge in [0.05, 0.1) is 5.69 Å². The molecule has 0 saturated carbocycles. The van der Waals surface area contributed by atoms with Crippen molar-refractivity contribution in [3.05, 3.63) is 29.8 Å². The Morgan fingerprint density at radius 3 is 2.90 bits per heavy atom. The molecule has 0 radical (unpaired) electrons. The summed E-state index contributed by atoms with van der Waals surface area (Å²) >= 11 is 0. The molecule has 0 spiro atoms. The number of para-hydroxylation sites is 1. The first kappa shape index (κ1) is 14.5. The highest BCUT2D eigenvalue weighted by molar-refractivity contribution is 6.45. The van der Waals surface area contributed by atoms with Crippen molar-refractivity contribution >= 4 is 23.1 Å². The van der Waals surface area contributed by atoms with Crippen LogP contribution in [-0.2, 0) is 11.3 Å². The van der Waals surface area contributed by atoms with E-state index in [1.165, 1.54) is 0 Å². The van der Waals surface area contributed by atoms with Crippen molar-refractivity contribution in [1.82, 2.24) is 4.90 Å². The van der Waals surface area contributed by atoms with Crippen molar-refractivity contribution in [3.63, 3.8) is 0 Å². The molecule has 1 saturated heterocycles. The van der Waals surface area contributed by atoms with Gasteiger partial charge in [0.1, 0.15) is 6.07 Å². The van der Waals surface area contributed by atoms with Gasteiger partial charge in [-0.05, 0) is 18.1 Å². The number of anilines is 1. The van der Waals surface area contributed by atoms with E-state index in [1.54, 1.807) is 17.0 Å². The second-order valence-corrected chi connectivity index (χ2v) is 4.67. The fraction of sp³-hybridized carbons (Fsp3) is 0.286. The van der Waals surface area contributed by atoms with E-state index in [1.807, 2.05) is 18.2 Å². The second kappa shape index (κ2) is 6.52. The summed E-state index contributed by atoms with van der Waals surface area (Å²) in [5, 5.41) is 19.8. The Morgan fingerprint density at radius 2 is 2.29 bits per heavy atom. The van der Waals surface area contributed by atoms with Gasteiger partial charge in [-0.1, -0.05) is 18.2 Å². The van der Waals surface area contributed by atoms with Crippen LogP contribution in [0.25, 0.3) is 0 Å². The minimum atomic E-state index is -0.391. The number of carbonyl (C=O) groups is 1. The third kappa shape index (κ3) is 3.57. The Kier molecular flexibility index (Phi) is 4.51. The summed E-state index contributed by atoms with van der Waals surface area (Å²) in [4.78, 5) is 13.5. The fourth-order valence-corrected chi connectivity index (χ4v) is 2.11. The van der Waals surface area contributed by atoms with Gasteiger partial charge in [0.15, 0.2) is 5.84 Å². The molecule has 7 heteroatoms. The summed E-state index contributed by atoms with van der Waals surface area (Å²) in [6.07, 6.45) is 1.48. The Labute approximate surface area is 122 Å². The number of amides is 1. The van der Waals surface area contributed by atoms with Crippen LogP contribution in [0.3, 0.4) is 0 Å². The van der Waals surface area contributed by atoms with Crippen molar-refractivity contribution in [2.45, 2.75) is 19.4 Å². The van der Waals surface area contributed by atoms with Crippen LogP contribution in [0.4, 0.5) is 5.69 Å². The van der Waals surface area contributed by atoms with Gasteiger partial charge >= 0.3 is 0 Å². The largest absolute Gasteiger partial charge is 0.382 e. The van der Waals surface area contributed by atoms with Crippen molar-refractivity contribution in [3.8, 4) is 6.07 Å².